The summed E-state index contributed by atoms with van der Waals surface area (Å²) in [5.41, 5.74) is 0.429. The molecule has 0 N–H and O–H groups in total. The SMILES string of the molecule is CC1CN(c2nccnc2C#N)CC1C. The van der Waals surface area contributed by atoms with Gasteiger partial charge < -0.3 is 4.90 Å². The Kier molecular flexibility index (Phi) is 2.55. The number of anilines is 1. The molecule has 0 radical (unpaired) electrons. The van der Waals surface area contributed by atoms with Crippen molar-refractivity contribution in [3.05, 3.63) is 18.1 Å². The van der Waals surface area contributed by atoms with Crippen LogP contribution in [0.2, 0.25) is 0 Å². The fourth-order valence-electron chi connectivity index (χ4n) is 1.94. The van der Waals surface area contributed by atoms with Gasteiger partial charge in [0.15, 0.2) is 11.5 Å². The van der Waals surface area contributed by atoms with Gasteiger partial charge in [-0.25, -0.2) is 9.97 Å². The van der Waals surface area contributed by atoms with Crippen LogP contribution in [0, 0.1) is 23.2 Å². The van der Waals surface area contributed by atoms with Gasteiger partial charge in [0.2, 0.25) is 0 Å². The summed E-state index contributed by atoms with van der Waals surface area (Å²) in [5, 5.41) is 8.93. The third-order valence-electron chi connectivity index (χ3n) is 3.07. The van der Waals surface area contributed by atoms with Crippen molar-refractivity contribution >= 4 is 5.82 Å². The average Bonchev–Trinajstić information content (AvgIpc) is 2.59. The summed E-state index contributed by atoms with van der Waals surface area (Å²) in [7, 11) is 0. The molecule has 0 aliphatic carbocycles. The molecule has 0 saturated carbocycles. The number of nitriles is 1. The van der Waals surface area contributed by atoms with Crippen molar-refractivity contribution < 1.29 is 0 Å². The number of rotatable bonds is 1. The first-order valence-electron chi connectivity index (χ1n) is 5.18. The first kappa shape index (κ1) is 9.91. The molecular weight excluding hydrogens is 188 g/mol. The van der Waals surface area contributed by atoms with E-state index in [4.69, 9.17) is 5.26 Å². The van der Waals surface area contributed by atoms with Crippen molar-refractivity contribution in [1.82, 2.24) is 9.97 Å². The Morgan fingerprint density at radius 3 is 2.47 bits per heavy atom. The number of nitrogens with zero attached hydrogens (tertiary/aromatic N) is 4. The van der Waals surface area contributed by atoms with Crippen LogP contribution in [0.15, 0.2) is 12.4 Å². The van der Waals surface area contributed by atoms with Gasteiger partial charge in [-0.05, 0) is 11.8 Å². The van der Waals surface area contributed by atoms with Crippen LogP contribution in [-0.4, -0.2) is 23.1 Å². The minimum absolute atomic E-state index is 0.429. The van der Waals surface area contributed by atoms with Gasteiger partial charge in [0.25, 0.3) is 0 Å². The zero-order valence-corrected chi connectivity index (χ0v) is 9.01. The summed E-state index contributed by atoms with van der Waals surface area (Å²) in [5.74, 6) is 2.04. The molecule has 0 amide bonds. The zero-order chi connectivity index (χ0) is 10.8. The molecule has 0 bridgehead atoms. The molecule has 2 unspecified atom stereocenters. The lowest BCUT2D eigenvalue weighted by molar-refractivity contribution is 0.494. The van der Waals surface area contributed by atoms with Gasteiger partial charge in [-0.1, -0.05) is 13.8 Å². The molecule has 78 valence electrons. The Labute approximate surface area is 89.6 Å². The van der Waals surface area contributed by atoms with Gasteiger partial charge in [-0.3, -0.25) is 0 Å². The Morgan fingerprint density at radius 2 is 1.87 bits per heavy atom. The van der Waals surface area contributed by atoms with Crippen LogP contribution < -0.4 is 4.90 Å². The van der Waals surface area contributed by atoms with E-state index < -0.39 is 0 Å². The smallest absolute Gasteiger partial charge is 0.183 e. The molecule has 2 atom stereocenters. The molecule has 4 heteroatoms. The summed E-state index contributed by atoms with van der Waals surface area (Å²) >= 11 is 0. The molecular formula is C11H14N4. The van der Waals surface area contributed by atoms with Crippen LogP contribution in [0.5, 0.6) is 0 Å². The van der Waals surface area contributed by atoms with Gasteiger partial charge in [-0.2, -0.15) is 5.26 Å². The van der Waals surface area contributed by atoms with Crippen LogP contribution >= 0.6 is 0 Å². The monoisotopic (exact) mass is 202 g/mol. The lowest BCUT2D eigenvalue weighted by Gasteiger charge is -2.17. The summed E-state index contributed by atoms with van der Waals surface area (Å²) in [4.78, 5) is 10.4. The highest BCUT2D eigenvalue weighted by atomic mass is 15.2. The summed E-state index contributed by atoms with van der Waals surface area (Å²) in [6.45, 7) is 6.39. The third kappa shape index (κ3) is 1.78. The molecule has 2 rings (SSSR count). The molecule has 4 nitrogen and oxygen atoms in total. The second-order valence-corrected chi connectivity index (χ2v) is 4.20. The lowest BCUT2D eigenvalue weighted by Crippen LogP contribution is -2.22. The zero-order valence-electron chi connectivity index (χ0n) is 9.01. The van der Waals surface area contributed by atoms with Crippen LogP contribution in [-0.2, 0) is 0 Å². The summed E-state index contributed by atoms with van der Waals surface area (Å²) in [6.07, 6.45) is 3.20. The molecule has 15 heavy (non-hydrogen) atoms. The van der Waals surface area contributed by atoms with E-state index in [-0.39, 0.29) is 0 Å². The minimum Gasteiger partial charge on any atom is -0.354 e. The maximum absolute atomic E-state index is 8.93. The highest BCUT2D eigenvalue weighted by molar-refractivity contribution is 5.50. The normalized spacial score (nSPS) is 25.3. The van der Waals surface area contributed by atoms with E-state index in [2.05, 4.69) is 34.8 Å². The first-order valence-corrected chi connectivity index (χ1v) is 5.18. The van der Waals surface area contributed by atoms with E-state index in [1.807, 2.05) is 0 Å². The quantitative estimate of drug-likeness (QED) is 0.691. The Bertz CT molecular complexity index is 386. The molecule has 0 aromatic carbocycles. The fourth-order valence-corrected chi connectivity index (χ4v) is 1.94. The van der Waals surface area contributed by atoms with Crippen LogP contribution in [0.3, 0.4) is 0 Å². The Morgan fingerprint density at radius 1 is 1.27 bits per heavy atom. The van der Waals surface area contributed by atoms with Crippen molar-refractivity contribution in [2.24, 2.45) is 11.8 Å². The van der Waals surface area contributed by atoms with Crippen LogP contribution in [0.25, 0.3) is 0 Å². The minimum atomic E-state index is 0.429. The summed E-state index contributed by atoms with van der Waals surface area (Å²) in [6, 6.07) is 2.09. The maximum Gasteiger partial charge on any atom is 0.183 e. The molecule has 0 spiro atoms. The molecule has 2 heterocycles. The highest BCUT2D eigenvalue weighted by Crippen LogP contribution is 2.27. The number of aromatic nitrogens is 2. The van der Waals surface area contributed by atoms with Crippen LogP contribution in [0.1, 0.15) is 19.5 Å². The average molecular weight is 202 g/mol. The Balaban J connectivity index is 2.28. The van der Waals surface area contributed by atoms with Crippen molar-refractivity contribution in [3.63, 3.8) is 0 Å². The van der Waals surface area contributed by atoms with E-state index >= 15 is 0 Å². The first-order chi connectivity index (χ1) is 7.22. The van der Waals surface area contributed by atoms with Crippen LogP contribution in [0.4, 0.5) is 5.82 Å². The van der Waals surface area contributed by atoms with Crippen molar-refractivity contribution in [3.8, 4) is 6.07 Å². The Hall–Kier alpha value is -1.63. The fraction of sp³-hybridized carbons (Fsp3) is 0.545. The molecule has 1 saturated heterocycles. The van der Waals surface area contributed by atoms with E-state index in [9.17, 15) is 0 Å². The molecule has 1 fully saturated rings. The predicted octanol–water partition coefficient (Wildman–Crippen LogP) is 1.44. The van der Waals surface area contributed by atoms with Gasteiger partial charge in [0.1, 0.15) is 6.07 Å². The second kappa shape index (κ2) is 3.85. The van der Waals surface area contributed by atoms with Gasteiger partial charge in [-0.15, -0.1) is 0 Å². The molecule has 1 aromatic heterocycles. The van der Waals surface area contributed by atoms with Gasteiger partial charge in [0, 0.05) is 25.5 Å². The molecule has 1 aliphatic rings. The number of hydrogen-bond acceptors (Lipinski definition) is 4. The topological polar surface area (TPSA) is 52.8 Å². The van der Waals surface area contributed by atoms with Gasteiger partial charge in [0.05, 0.1) is 0 Å². The van der Waals surface area contributed by atoms with Crippen molar-refractivity contribution in [2.75, 3.05) is 18.0 Å². The van der Waals surface area contributed by atoms with Crippen molar-refractivity contribution in [1.29, 1.82) is 5.26 Å². The molecule has 1 aliphatic heterocycles. The number of hydrogen-bond donors (Lipinski definition) is 0. The van der Waals surface area contributed by atoms with E-state index in [1.54, 1.807) is 12.4 Å². The van der Waals surface area contributed by atoms with E-state index in [1.165, 1.54) is 0 Å². The van der Waals surface area contributed by atoms with Gasteiger partial charge >= 0.3 is 0 Å². The lowest BCUT2D eigenvalue weighted by atomic mass is 10.0. The van der Waals surface area contributed by atoms with E-state index in [0.717, 1.165) is 18.9 Å². The summed E-state index contributed by atoms with van der Waals surface area (Å²) < 4.78 is 0. The standard InChI is InChI=1S/C11H14N4/c1-8-6-15(7-9(8)2)11-10(5-12)13-3-4-14-11/h3-4,8-9H,6-7H2,1-2H3. The van der Waals surface area contributed by atoms with Crippen molar-refractivity contribution in [2.45, 2.75) is 13.8 Å². The second-order valence-electron chi connectivity index (χ2n) is 4.20. The maximum atomic E-state index is 8.93. The van der Waals surface area contributed by atoms with E-state index in [0.29, 0.717) is 17.5 Å². The predicted molar refractivity (Wildman–Crippen MR) is 57.3 cm³/mol. The largest absolute Gasteiger partial charge is 0.354 e. The highest BCUT2D eigenvalue weighted by Gasteiger charge is 2.28. The molecule has 1 aromatic rings. The third-order valence-corrected chi connectivity index (χ3v) is 3.07.